The van der Waals surface area contributed by atoms with Gasteiger partial charge in [0.1, 0.15) is 28.5 Å². The number of pyridine rings is 1. The molecule has 2 atom stereocenters. The molecule has 2 aromatic heterocycles. The molecule has 1 aliphatic heterocycles. The van der Waals surface area contributed by atoms with Gasteiger partial charge < -0.3 is 24.6 Å². The van der Waals surface area contributed by atoms with Crippen LogP contribution in [0.5, 0.6) is 17.2 Å². The van der Waals surface area contributed by atoms with Crippen molar-refractivity contribution in [3.63, 3.8) is 0 Å². The number of hydrogen-bond donors (Lipinski definition) is 2. The van der Waals surface area contributed by atoms with Crippen LogP contribution in [0.3, 0.4) is 0 Å². The van der Waals surface area contributed by atoms with Gasteiger partial charge in [0.25, 0.3) is 5.91 Å². The van der Waals surface area contributed by atoms with Crippen molar-refractivity contribution in [2.24, 2.45) is 0 Å². The lowest BCUT2D eigenvalue weighted by Crippen LogP contribution is -2.51. The number of benzene rings is 2. The summed E-state index contributed by atoms with van der Waals surface area (Å²) in [5.74, 6) is 0.190. The first kappa shape index (κ1) is 27.8. The summed E-state index contributed by atoms with van der Waals surface area (Å²) < 4.78 is 62.0. The van der Waals surface area contributed by atoms with Crippen LogP contribution in [-0.4, -0.2) is 59.3 Å². The van der Waals surface area contributed by atoms with Gasteiger partial charge in [-0.3, -0.25) is 9.48 Å². The fraction of sp³-hybridized carbons (Fsp3) is 0.367. The Hall–Kier alpha value is -4.32. The minimum atomic E-state index is -5.17. The van der Waals surface area contributed by atoms with Crippen LogP contribution in [0.4, 0.5) is 13.2 Å². The number of halogens is 3. The maximum absolute atomic E-state index is 14.6. The molecule has 3 heterocycles. The predicted octanol–water partition coefficient (Wildman–Crippen LogP) is 5.13. The molecule has 42 heavy (non-hydrogen) atoms. The fourth-order valence-corrected chi connectivity index (χ4v) is 5.11. The van der Waals surface area contributed by atoms with Gasteiger partial charge in [-0.05, 0) is 55.3 Å². The highest BCUT2D eigenvalue weighted by Gasteiger charge is 2.57. The molecule has 1 amide bonds. The van der Waals surface area contributed by atoms with Gasteiger partial charge in [-0.15, -0.1) is 0 Å². The maximum Gasteiger partial charge on any atom is 0.424 e. The highest BCUT2D eigenvalue weighted by Crippen LogP contribution is 2.46. The second-order valence-corrected chi connectivity index (χ2v) is 10.7. The van der Waals surface area contributed by atoms with E-state index in [0.29, 0.717) is 39.3 Å². The van der Waals surface area contributed by atoms with Crippen molar-refractivity contribution in [3.05, 3.63) is 65.5 Å². The van der Waals surface area contributed by atoms with Crippen LogP contribution in [0.15, 0.2) is 48.7 Å². The lowest BCUT2D eigenvalue weighted by Gasteiger charge is -2.31. The van der Waals surface area contributed by atoms with E-state index in [-0.39, 0.29) is 29.8 Å². The molecule has 0 radical (unpaired) electrons. The van der Waals surface area contributed by atoms with Gasteiger partial charge in [-0.1, -0.05) is 6.92 Å². The first-order valence-corrected chi connectivity index (χ1v) is 13.5. The van der Waals surface area contributed by atoms with Crippen LogP contribution >= 0.6 is 0 Å². The number of aromatic nitrogens is 3. The molecule has 1 aliphatic carbocycles. The monoisotopic (exact) mass is 582 g/mol. The molecule has 0 bridgehead atoms. The predicted molar refractivity (Wildman–Crippen MR) is 147 cm³/mol. The van der Waals surface area contributed by atoms with Crippen LogP contribution < -0.4 is 19.5 Å². The highest BCUT2D eigenvalue weighted by atomic mass is 19.4. The fourth-order valence-electron chi connectivity index (χ4n) is 5.11. The van der Waals surface area contributed by atoms with E-state index in [4.69, 9.17) is 14.2 Å². The molecule has 1 saturated carbocycles. The van der Waals surface area contributed by atoms with Crippen molar-refractivity contribution in [2.45, 2.75) is 43.5 Å². The number of methoxy groups -OCH3 is 2. The summed E-state index contributed by atoms with van der Waals surface area (Å²) in [6.45, 7) is 0.906. The lowest BCUT2D eigenvalue weighted by molar-refractivity contribution is -0.265. The second kappa shape index (κ2) is 10.2. The first-order chi connectivity index (χ1) is 20.0. The van der Waals surface area contributed by atoms with E-state index >= 15 is 0 Å². The number of amides is 1. The standard InChI is InChI=1S/C30H29F3N4O5/c1-16-14-42-27-22(16)12-24(35-26(27)17-4-8-21(40-2)9-5-17)29(39,30(31,32)33)15-34-28(38)18-10-19-13-37(20-6-7-20)36-25(19)23(11-18)41-3/h4-5,8-13,16,20,39H,6-7,14-15H2,1-3H3,(H,34,38)/t16-,29-/m1/s1. The molecule has 220 valence electrons. The Labute approximate surface area is 239 Å². The summed E-state index contributed by atoms with van der Waals surface area (Å²) >= 11 is 0. The Bertz CT molecular complexity index is 1670. The summed E-state index contributed by atoms with van der Waals surface area (Å²) in [6, 6.07) is 11.1. The molecule has 0 saturated heterocycles. The van der Waals surface area contributed by atoms with E-state index in [9.17, 15) is 23.1 Å². The number of aliphatic hydroxyl groups is 1. The number of carbonyl (C=O) groups is 1. The van der Waals surface area contributed by atoms with E-state index in [1.807, 2.05) is 11.6 Å². The van der Waals surface area contributed by atoms with Gasteiger partial charge in [0, 0.05) is 34.2 Å². The molecule has 2 aromatic carbocycles. The number of fused-ring (bicyclic) bond motifs is 2. The van der Waals surface area contributed by atoms with Gasteiger partial charge in [0.15, 0.2) is 0 Å². The van der Waals surface area contributed by atoms with E-state index in [1.165, 1.54) is 26.4 Å². The third-order valence-electron chi connectivity index (χ3n) is 7.77. The van der Waals surface area contributed by atoms with Crippen molar-refractivity contribution >= 4 is 16.8 Å². The van der Waals surface area contributed by atoms with E-state index in [0.717, 1.165) is 12.8 Å². The maximum atomic E-state index is 14.6. The Morgan fingerprint density at radius 3 is 2.52 bits per heavy atom. The lowest BCUT2D eigenvalue weighted by atomic mass is 9.92. The van der Waals surface area contributed by atoms with E-state index < -0.39 is 29.9 Å². The molecule has 0 unspecified atom stereocenters. The van der Waals surface area contributed by atoms with E-state index in [2.05, 4.69) is 15.4 Å². The van der Waals surface area contributed by atoms with Gasteiger partial charge in [0.2, 0.25) is 5.60 Å². The molecular formula is C30H29F3N4O5. The van der Waals surface area contributed by atoms with Crippen molar-refractivity contribution in [3.8, 4) is 28.5 Å². The Balaban J connectivity index is 1.35. The quantitative estimate of drug-likeness (QED) is 0.297. The molecule has 2 aliphatic rings. The number of hydrogen-bond acceptors (Lipinski definition) is 7. The Morgan fingerprint density at radius 2 is 1.88 bits per heavy atom. The normalized spacial score (nSPS) is 17.8. The number of carbonyl (C=O) groups excluding carboxylic acids is 1. The van der Waals surface area contributed by atoms with Crippen molar-refractivity contribution in [1.29, 1.82) is 0 Å². The van der Waals surface area contributed by atoms with Crippen LogP contribution in [-0.2, 0) is 5.60 Å². The molecular weight excluding hydrogens is 553 g/mol. The molecule has 1 fully saturated rings. The summed E-state index contributed by atoms with van der Waals surface area (Å²) in [5.41, 5.74) is -2.38. The third kappa shape index (κ3) is 4.79. The molecule has 12 heteroatoms. The SMILES string of the molecule is COc1ccc(-c2nc([C@](O)(CNC(=O)c3cc(OC)c4nn(C5CC5)cc4c3)C(F)(F)F)cc3c2OC[C@H]3C)cc1. The summed E-state index contributed by atoms with van der Waals surface area (Å²) in [4.78, 5) is 17.4. The third-order valence-corrected chi connectivity index (χ3v) is 7.77. The number of alkyl halides is 3. The Kier molecular flexibility index (Phi) is 6.76. The number of rotatable bonds is 8. The summed E-state index contributed by atoms with van der Waals surface area (Å²) in [6.07, 6.45) is -1.38. The topological polar surface area (TPSA) is 108 Å². The van der Waals surface area contributed by atoms with Gasteiger partial charge in [-0.25, -0.2) is 4.98 Å². The highest BCUT2D eigenvalue weighted by molar-refractivity contribution is 5.99. The van der Waals surface area contributed by atoms with Crippen LogP contribution in [0.25, 0.3) is 22.2 Å². The number of nitrogens with one attached hydrogen (secondary N) is 1. The van der Waals surface area contributed by atoms with Crippen molar-refractivity contribution in [1.82, 2.24) is 20.1 Å². The van der Waals surface area contributed by atoms with Crippen LogP contribution in [0.1, 0.15) is 53.3 Å². The molecule has 0 spiro atoms. The van der Waals surface area contributed by atoms with Gasteiger partial charge >= 0.3 is 6.18 Å². The first-order valence-electron chi connectivity index (χ1n) is 13.5. The minimum absolute atomic E-state index is 0.0714. The zero-order valence-electron chi connectivity index (χ0n) is 23.2. The largest absolute Gasteiger partial charge is 0.497 e. The zero-order chi connectivity index (χ0) is 29.8. The smallest absolute Gasteiger partial charge is 0.424 e. The molecule has 9 nitrogen and oxygen atoms in total. The zero-order valence-corrected chi connectivity index (χ0v) is 23.2. The minimum Gasteiger partial charge on any atom is -0.497 e. The van der Waals surface area contributed by atoms with Crippen LogP contribution in [0, 0.1) is 0 Å². The van der Waals surface area contributed by atoms with Gasteiger partial charge in [-0.2, -0.15) is 18.3 Å². The summed E-state index contributed by atoms with van der Waals surface area (Å²) in [5, 5.41) is 18.7. The summed E-state index contributed by atoms with van der Waals surface area (Å²) in [7, 11) is 2.93. The average molecular weight is 583 g/mol. The molecule has 4 aromatic rings. The number of nitrogens with zero attached hydrogens (tertiary/aromatic N) is 3. The van der Waals surface area contributed by atoms with Crippen LogP contribution in [0.2, 0.25) is 0 Å². The average Bonchev–Trinajstić information content (AvgIpc) is 3.64. The van der Waals surface area contributed by atoms with Crippen molar-refractivity contribution < 1.29 is 37.3 Å². The van der Waals surface area contributed by atoms with Crippen molar-refractivity contribution in [2.75, 3.05) is 27.4 Å². The second-order valence-electron chi connectivity index (χ2n) is 10.7. The molecule has 2 N–H and O–H groups in total. The Morgan fingerprint density at radius 1 is 1.14 bits per heavy atom. The number of ether oxygens (including phenoxy) is 3. The molecule has 6 rings (SSSR count). The van der Waals surface area contributed by atoms with Gasteiger partial charge in [0.05, 0.1) is 39.1 Å². The van der Waals surface area contributed by atoms with E-state index in [1.54, 1.807) is 36.5 Å².